The highest BCUT2D eigenvalue weighted by Gasteiger charge is 2.32. The van der Waals surface area contributed by atoms with E-state index < -0.39 is 11.9 Å². The zero-order valence-corrected chi connectivity index (χ0v) is 13.9. The van der Waals surface area contributed by atoms with E-state index in [9.17, 15) is 18.0 Å². The van der Waals surface area contributed by atoms with Gasteiger partial charge in [0.25, 0.3) is 5.91 Å². The van der Waals surface area contributed by atoms with Crippen LogP contribution in [0.25, 0.3) is 16.6 Å². The van der Waals surface area contributed by atoms with Crippen LogP contribution in [0.5, 0.6) is 0 Å². The number of H-pyrrole nitrogens is 1. The SMILES string of the molecule is O=C(Nc1ccc2[nH]c(C(F)(F)F)cc2c1)c1ccc(-n2cccc2)cc1. The molecule has 0 unspecified atom stereocenters. The summed E-state index contributed by atoms with van der Waals surface area (Å²) in [5.74, 6) is -0.333. The Labute approximate surface area is 152 Å². The van der Waals surface area contributed by atoms with E-state index >= 15 is 0 Å². The molecule has 0 bridgehead atoms. The second kappa shape index (κ2) is 6.35. The Bertz CT molecular complexity index is 1090. The predicted octanol–water partition coefficient (Wildman–Crippen LogP) is 5.23. The number of nitrogens with one attached hydrogen (secondary N) is 2. The van der Waals surface area contributed by atoms with E-state index in [4.69, 9.17) is 0 Å². The van der Waals surface area contributed by atoms with E-state index in [2.05, 4.69) is 10.3 Å². The molecule has 27 heavy (non-hydrogen) atoms. The molecule has 136 valence electrons. The number of amides is 1. The normalized spacial score (nSPS) is 11.7. The standard InChI is InChI=1S/C20H14F3N3O/c21-20(22,23)18-12-14-11-15(5-8-17(14)25-18)24-19(27)13-3-6-16(7-4-13)26-9-1-2-10-26/h1-12,25H,(H,24,27). The number of alkyl halides is 3. The van der Waals surface area contributed by atoms with Crippen LogP contribution in [0.1, 0.15) is 16.1 Å². The maximum atomic E-state index is 12.8. The fourth-order valence-corrected chi connectivity index (χ4v) is 2.86. The molecular weight excluding hydrogens is 355 g/mol. The first-order valence-electron chi connectivity index (χ1n) is 8.15. The van der Waals surface area contributed by atoms with Gasteiger partial charge in [0.15, 0.2) is 0 Å². The van der Waals surface area contributed by atoms with Gasteiger partial charge in [-0.2, -0.15) is 13.2 Å². The minimum atomic E-state index is -4.44. The summed E-state index contributed by atoms with van der Waals surface area (Å²) in [6.07, 6.45) is -0.642. The van der Waals surface area contributed by atoms with Crippen molar-refractivity contribution in [3.63, 3.8) is 0 Å². The molecule has 0 atom stereocenters. The van der Waals surface area contributed by atoms with E-state index in [0.717, 1.165) is 11.8 Å². The largest absolute Gasteiger partial charge is 0.431 e. The minimum Gasteiger partial charge on any atom is -0.351 e. The van der Waals surface area contributed by atoms with Crippen LogP contribution in [0.2, 0.25) is 0 Å². The molecule has 4 nitrogen and oxygen atoms in total. The van der Waals surface area contributed by atoms with E-state index in [0.29, 0.717) is 22.2 Å². The number of hydrogen-bond donors (Lipinski definition) is 2. The van der Waals surface area contributed by atoms with Crippen molar-refractivity contribution >= 4 is 22.5 Å². The highest BCUT2D eigenvalue weighted by Crippen LogP contribution is 2.32. The molecule has 0 saturated heterocycles. The minimum absolute atomic E-state index is 0.333. The van der Waals surface area contributed by atoms with Gasteiger partial charge in [0.2, 0.25) is 0 Å². The Kier molecular flexibility index (Phi) is 3.99. The van der Waals surface area contributed by atoms with E-state index in [1.807, 2.05) is 41.2 Å². The molecule has 0 aliphatic rings. The predicted molar refractivity (Wildman–Crippen MR) is 97.0 cm³/mol. The highest BCUT2D eigenvalue weighted by molar-refractivity contribution is 6.05. The van der Waals surface area contributed by atoms with Crippen molar-refractivity contribution in [3.8, 4) is 5.69 Å². The number of fused-ring (bicyclic) bond motifs is 1. The Hall–Kier alpha value is -3.48. The lowest BCUT2D eigenvalue weighted by Crippen LogP contribution is -2.11. The fourth-order valence-electron chi connectivity index (χ4n) is 2.86. The van der Waals surface area contributed by atoms with Gasteiger partial charge in [0, 0.05) is 40.2 Å². The van der Waals surface area contributed by atoms with E-state index in [-0.39, 0.29) is 5.91 Å². The molecule has 0 aliphatic carbocycles. The third-order valence-electron chi connectivity index (χ3n) is 4.22. The maximum Gasteiger partial charge on any atom is 0.431 e. The average Bonchev–Trinajstić information content (AvgIpc) is 3.31. The van der Waals surface area contributed by atoms with E-state index in [1.165, 1.54) is 12.1 Å². The van der Waals surface area contributed by atoms with Gasteiger partial charge in [-0.05, 0) is 60.7 Å². The Morgan fingerprint density at radius 3 is 2.33 bits per heavy atom. The lowest BCUT2D eigenvalue weighted by molar-refractivity contribution is -0.140. The van der Waals surface area contributed by atoms with Crippen LogP contribution in [-0.2, 0) is 6.18 Å². The van der Waals surface area contributed by atoms with Crippen LogP contribution in [0, 0.1) is 0 Å². The van der Waals surface area contributed by atoms with Gasteiger partial charge in [-0.15, -0.1) is 0 Å². The quantitative estimate of drug-likeness (QED) is 0.510. The number of carbonyl (C=O) groups is 1. The van der Waals surface area contributed by atoms with Crippen molar-refractivity contribution in [3.05, 3.63) is 84.3 Å². The number of anilines is 1. The molecule has 4 rings (SSSR count). The second-order valence-corrected chi connectivity index (χ2v) is 6.07. The first kappa shape index (κ1) is 17.0. The summed E-state index contributed by atoms with van der Waals surface area (Å²) in [5, 5.41) is 3.09. The van der Waals surface area contributed by atoms with Crippen molar-refractivity contribution in [1.82, 2.24) is 9.55 Å². The molecule has 2 heterocycles. The molecule has 0 aliphatic heterocycles. The number of aromatic nitrogens is 2. The van der Waals surface area contributed by atoms with Crippen molar-refractivity contribution in [2.24, 2.45) is 0 Å². The summed E-state index contributed by atoms with van der Waals surface area (Å²) < 4.78 is 40.3. The summed E-state index contributed by atoms with van der Waals surface area (Å²) in [7, 11) is 0. The molecule has 2 N–H and O–H groups in total. The van der Waals surface area contributed by atoms with Gasteiger partial charge >= 0.3 is 6.18 Å². The molecular formula is C20H14F3N3O. The summed E-state index contributed by atoms with van der Waals surface area (Å²) in [4.78, 5) is 14.7. The number of nitrogens with zero attached hydrogens (tertiary/aromatic N) is 1. The van der Waals surface area contributed by atoms with Crippen LogP contribution in [0.3, 0.4) is 0 Å². The van der Waals surface area contributed by atoms with E-state index in [1.54, 1.807) is 18.2 Å². The van der Waals surface area contributed by atoms with Crippen molar-refractivity contribution < 1.29 is 18.0 Å². The fraction of sp³-hybridized carbons (Fsp3) is 0.0500. The Morgan fingerprint density at radius 2 is 1.67 bits per heavy atom. The monoisotopic (exact) mass is 369 g/mol. The Morgan fingerprint density at radius 1 is 0.963 bits per heavy atom. The third kappa shape index (κ3) is 3.44. The molecule has 0 fully saturated rings. The number of hydrogen-bond acceptors (Lipinski definition) is 1. The molecule has 0 saturated carbocycles. The number of aromatic amines is 1. The van der Waals surface area contributed by atoms with Crippen molar-refractivity contribution in [1.29, 1.82) is 0 Å². The number of benzene rings is 2. The van der Waals surface area contributed by atoms with Gasteiger partial charge < -0.3 is 14.9 Å². The third-order valence-corrected chi connectivity index (χ3v) is 4.22. The molecule has 0 spiro atoms. The zero-order valence-electron chi connectivity index (χ0n) is 13.9. The van der Waals surface area contributed by atoms with Crippen molar-refractivity contribution in [2.45, 2.75) is 6.18 Å². The summed E-state index contributed by atoms with van der Waals surface area (Å²) >= 11 is 0. The zero-order chi connectivity index (χ0) is 19.0. The van der Waals surface area contributed by atoms with Gasteiger partial charge in [-0.3, -0.25) is 4.79 Å². The van der Waals surface area contributed by atoms with Crippen LogP contribution >= 0.6 is 0 Å². The average molecular weight is 369 g/mol. The molecule has 0 radical (unpaired) electrons. The number of rotatable bonds is 3. The van der Waals surface area contributed by atoms with Gasteiger partial charge in [0.1, 0.15) is 5.69 Å². The van der Waals surface area contributed by atoms with Gasteiger partial charge in [0.05, 0.1) is 0 Å². The Balaban J connectivity index is 1.53. The van der Waals surface area contributed by atoms with Crippen LogP contribution in [0.15, 0.2) is 73.1 Å². The summed E-state index contributed by atoms with van der Waals surface area (Å²) in [5.41, 5.74) is 1.34. The molecule has 1 amide bonds. The first-order chi connectivity index (χ1) is 12.9. The molecule has 4 aromatic rings. The summed E-state index contributed by atoms with van der Waals surface area (Å²) in [6, 6.07) is 16.4. The lowest BCUT2D eigenvalue weighted by Gasteiger charge is -2.07. The van der Waals surface area contributed by atoms with Crippen molar-refractivity contribution in [2.75, 3.05) is 5.32 Å². The number of halogens is 3. The first-order valence-corrected chi connectivity index (χ1v) is 8.15. The lowest BCUT2D eigenvalue weighted by atomic mass is 10.1. The van der Waals surface area contributed by atoms with Crippen LogP contribution < -0.4 is 5.32 Å². The summed E-state index contributed by atoms with van der Waals surface area (Å²) in [6.45, 7) is 0. The maximum absolute atomic E-state index is 12.8. The second-order valence-electron chi connectivity index (χ2n) is 6.07. The molecule has 2 aromatic heterocycles. The smallest absolute Gasteiger partial charge is 0.351 e. The molecule has 2 aromatic carbocycles. The highest BCUT2D eigenvalue weighted by atomic mass is 19.4. The van der Waals surface area contributed by atoms with Gasteiger partial charge in [-0.1, -0.05) is 0 Å². The van der Waals surface area contributed by atoms with Crippen LogP contribution in [0.4, 0.5) is 18.9 Å². The molecule has 7 heteroatoms. The topological polar surface area (TPSA) is 49.8 Å². The van der Waals surface area contributed by atoms with Crippen LogP contribution in [-0.4, -0.2) is 15.5 Å². The van der Waals surface area contributed by atoms with Gasteiger partial charge in [-0.25, -0.2) is 0 Å². The number of carbonyl (C=O) groups excluding carboxylic acids is 1.